The molecule has 0 spiro atoms. The first kappa shape index (κ1) is 20.0. The zero-order valence-electron chi connectivity index (χ0n) is 18.1. The van der Waals surface area contributed by atoms with Gasteiger partial charge in [0, 0.05) is 16.8 Å². The number of anilines is 2. The molecule has 0 unspecified atom stereocenters. The van der Waals surface area contributed by atoms with Crippen molar-refractivity contribution in [1.82, 2.24) is 5.32 Å². The average Bonchev–Trinajstić information content (AvgIpc) is 3.12. The minimum absolute atomic E-state index is 0.181. The molecule has 0 aromatic heterocycles. The van der Waals surface area contributed by atoms with Gasteiger partial charge in [-0.2, -0.15) is 0 Å². The normalized spacial score (nSPS) is 19.2. The first-order valence-electron chi connectivity index (χ1n) is 10.8. The highest BCUT2D eigenvalue weighted by molar-refractivity contribution is 6.21. The Morgan fingerprint density at radius 3 is 2.59 bits per heavy atom. The van der Waals surface area contributed by atoms with E-state index in [1.165, 1.54) is 0 Å². The fourth-order valence-corrected chi connectivity index (χ4v) is 4.27. The molecular weight excluding hydrogens is 398 g/mol. The number of amidine groups is 1. The first-order chi connectivity index (χ1) is 15.6. The zero-order chi connectivity index (χ0) is 22.1. The van der Waals surface area contributed by atoms with Crippen LogP contribution in [0.25, 0.3) is 0 Å². The van der Waals surface area contributed by atoms with Crippen LogP contribution in [0.3, 0.4) is 0 Å². The molecule has 2 aliphatic heterocycles. The second-order valence-corrected chi connectivity index (χ2v) is 8.15. The summed E-state index contributed by atoms with van der Waals surface area (Å²) in [6.45, 7) is 4.80. The number of hydrogen-bond acceptors (Lipinski definition) is 4. The van der Waals surface area contributed by atoms with E-state index in [1.807, 2.05) is 73.7 Å². The molecule has 2 N–H and O–H groups in total. The van der Waals surface area contributed by atoms with Gasteiger partial charge in [-0.1, -0.05) is 60.7 Å². The van der Waals surface area contributed by atoms with Crippen molar-refractivity contribution < 1.29 is 4.79 Å². The number of carbonyl (C=O) groups excluding carboxylic acids is 1. The third-order valence-electron chi connectivity index (χ3n) is 5.72. The lowest BCUT2D eigenvalue weighted by atomic mass is 10.00. The predicted octanol–water partition coefficient (Wildman–Crippen LogP) is 4.60. The number of fused-ring (bicyclic) bond motifs is 3. The van der Waals surface area contributed by atoms with Gasteiger partial charge in [0.05, 0.1) is 24.0 Å². The van der Waals surface area contributed by atoms with Crippen LogP contribution in [-0.4, -0.2) is 36.3 Å². The first-order valence-corrected chi connectivity index (χ1v) is 10.8. The lowest BCUT2D eigenvalue weighted by Gasteiger charge is -2.28. The maximum absolute atomic E-state index is 12.9. The van der Waals surface area contributed by atoms with Gasteiger partial charge in [0.1, 0.15) is 5.84 Å². The number of para-hydroxylation sites is 1. The highest BCUT2D eigenvalue weighted by Crippen LogP contribution is 2.32. The smallest absolute Gasteiger partial charge is 0.321 e. The summed E-state index contributed by atoms with van der Waals surface area (Å²) >= 11 is 0. The third-order valence-corrected chi connectivity index (χ3v) is 5.72. The molecule has 32 heavy (non-hydrogen) atoms. The van der Waals surface area contributed by atoms with Crippen LogP contribution in [0.2, 0.25) is 0 Å². The van der Waals surface area contributed by atoms with Crippen molar-refractivity contribution in [1.29, 1.82) is 0 Å². The van der Waals surface area contributed by atoms with Crippen LogP contribution in [0, 0.1) is 6.92 Å². The number of aliphatic imine (C=N–C) groups is 2. The second kappa shape index (κ2) is 8.30. The summed E-state index contributed by atoms with van der Waals surface area (Å²) in [4.78, 5) is 24.9. The summed E-state index contributed by atoms with van der Waals surface area (Å²) in [5.41, 5.74) is 5.75. The van der Waals surface area contributed by atoms with Crippen molar-refractivity contribution in [2.24, 2.45) is 9.98 Å². The Morgan fingerprint density at radius 2 is 1.78 bits per heavy atom. The molecule has 2 heterocycles. The van der Waals surface area contributed by atoms with Crippen LogP contribution in [0.5, 0.6) is 0 Å². The molecule has 0 bridgehead atoms. The SMILES string of the molecule is Cc1cccc(NC(=O)N[C@@H]2N=C(c3ccccc3)c3ccccc3N3C2=NC[C@H]3C)c1. The van der Waals surface area contributed by atoms with Gasteiger partial charge < -0.3 is 15.5 Å². The lowest BCUT2D eigenvalue weighted by molar-refractivity contribution is 0.251. The monoisotopic (exact) mass is 423 g/mol. The van der Waals surface area contributed by atoms with Crippen molar-refractivity contribution in [2.75, 3.05) is 16.8 Å². The van der Waals surface area contributed by atoms with Crippen LogP contribution >= 0.6 is 0 Å². The van der Waals surface area contributed by atoms with Gasteiger partial charge in [0.2, 0.25) is 0 Å². The van der Waals surface area contributed by atoms with E-state index < -0.39 is 6.17 Å². The van der Waals surface area contributed by atoms with E-state index in [4.69, 9.17) is 9.98 Å². The summed E-state index contributed by atoms with van der Waals surface area (Å²) in [5.74, 6) is 0.760. The summed E-state index contributed by atoms with van der Waals surface area (Å²) in [5, 5.41) is 5.97. The van der Waals surface area contributed by atoms with Crippen molar-refractivity contribution in [2.45, 2.75) is 26.1 Å². The Balaban J connectivity index is 1.55. The molecule has 6 heteroatoms. The van der Waals surface area contributed by atoms with E-state index in [0.29, 0.717) is 6.54 Å². The van der Waals surface area contributed by atoms with Gasteiger partial charge in [-0.15, -0.1) is 0 Å². The quantitative estimate of drug-likeness (QED) is 0.646. The Morgan fingerprint density at radius 1 is 1.00 bits per heavy atom. The Kier molecular flexibility index (Phi) is 5.19. The molecule has 3 aromatic carbocycles. The number of nitrogens with one attached hydrogen (secondary N) is 2. The number of rotatable bonds is 3. The summed E-state index contributed by atoms with van der Waals surface area (Å²) in [7, 11) is 0. The van der Waals surface area contributed by atoms with Crippen molar-refractivity contribution >= 4 is 29.0 Å². The fraction of sp³-hybridized carbons (Fsp3) is 0.192. The van der Waals surface area contributed by atoms with Gasteiger partial charge in [-0.25, -0.2) is 4.79 Å². The van der Waals surface area contributed by atoms with Gasteiger partial charge >= 0.3 is 6.03 Å². The van der Waals surface area contributed by atoms with Crippen LogP contribution in [0.1, 0.15) is 23.6 Å². The van der Waals surface area contributed by atoms with Crippen LogP contribution < -0.4 is 15.5 Å². The minimum Gasteiger partial charge on any atom is -0.321 e. The van der Waals surface area contributed by atoms with E-state index in [0.717, 1.165) is 39.6 Å². The highest BCUT2D eigenvalue weighted by Gasteiger charge is 2.36. The molecule has 3 aromatic rings. The number of benzene rings is 3. The predicted molar refractivity (Wildman–Crippen MR) is 130 cm³/mol. The van der Waals surface area contributed by atoms with E-state index in [9.17, 15) is 4.79 Å². The Hall–Kier alpha value is -3.93. The number of amides is 2. The number of nitrogens with zero attached hydrogens (tertiary/aromatic N) is 3. The molecular formula is C26H25N5O. The molecule has 160 valence electrons. The molecule has 2 aliphatic rings. The molecule has 0 radical (unpaired) electrons. The molecule has 0 saturated heterocycles. The van der Waals surface area contributed by atoms with Crippen LogP contribution in [0.4, 0.5) is 16.2 Å². The maximum Gasteiger partial charge on any atom is 0.321 e. The van der Waals surface area contributed by atoms with E-state index in [2.05, 4.69) is 34.6 Å². The van der Waals surface area contributed by atoms with Crippen molar-refractivity contribution in [3.63, 3.8) is 0 Å². The number of aryl methyl sites for hydroxylation is 1. The summed E-state index contributed by atoms with van der Waals surface area (Å²) in [6.07, 6.45) is -0.604. The van der Waals surface area contributed by atoms with Crippen molar-refractivity contribution in [3.8, 4) is 0 Å². The van der Waals surface area contributed by atoms with E-state index >= 15 is 0 Å². The number of hydrogen-bond donors (Lipinski definition) is 2. The topological polar surface area (TPSA) is 69.1 Å². The van der Waals surface area contributed by atoms with Gasteiger partial charge in [-0.05, 0) is 37.6 Å². The van der Waals surface area contributed by atoms with Gasteiger partial charge in [-0.3, -0.25) is 9.98 Å². The van der Waals surface area contributed by atoms with Crippen molar-refractivity contribution in [3.05, 3.63) is 95.6 Å². The summed E-state index contributed by atoms with van der Waals surface area (Å²) < 4.78 is 0. The number of carbonyl (C=O) groups is 1. The lowest BCUT2D eigenvalue weighted by Crippen LogP contribution is -2.48. The molecule has 0 aliphatic carbocycles. The highest BCUT2D eigenvalue weighted by atomic mass is 16.2. The molecule has 5 rings (SSSR count). The number of urea groups is 1. The third kappa shape index (κ3) is 3.75. The molecule has 0 fully saturated rings. The summed E-state index contributed by atoms with van der Waals surface area (Å²) in [6, 6.07) is 25.9. The van der Waals surface area contributed by atoms with Crippen LogP contribution in [0.15, 0.2) is 88.8 Å². The molecule has 6 nitrogen and oxygen atoms in total. The molecule has 2 amide bonds. The van der Waals surface area contributed by atoms with Crippen LogP contribution in [-0.2, 0) is 0 Å². The zero-order valence-corrected chi connectivity index (χ0v) is 18.1. The minimum atomic E-state index is -0.604. The van der Waals surface area contributed by atoms with E-state index in [-0.39, 0.29) is 12.1 Å². The molecule has 2 atom stereocenters. The van der Waals surface area contributed by atoms with Gasteiger partial charge in [0.25, 0.3) is 0 Å². The van der Waals surface area contributed by atoms with E-state index in [1.54, 1.807) is 0 Å². The average molecular weight is 424 g/mol. The standard InChI is InChI=1S/C26H25N5O/c1-17-9-8-12-20(15-17)28-26(32)30-24-25-27-16-18(2)31(25)22-14-7-6-13-21(22)23(29-24)19-10-4-3-5-11-19/h3-15,18,24H,16H2,1-2H3,(H2,28,30,32)/t18-,24+/m1/s1. The Bertz CT molecular complexity index is 1220. The fourth-order valence-electron chi connectivity index (χ4n) is 4.27. The molecule has 0 saturated carbocycles. The largest absolute Gasteiger partial charge is 0.321 e. The maximum atomic E-state index is 12.9. The Labute approximate surface area is 187 Å². The second-order valence-electron chi connectivity index (χ2n) is 8.15. The van der Waals surface area contributed by atoms with Gasteiger partial charge in [0.15, 0.2) is 6.17 Å².